The van der Waals surface area contributed by atoms with E-state index in [9.17, 15) is 4.79 Å². The quantitative estimate of drug-likeness (QED) is 0.452. The lowest BCUT2D eigenvalue weighted by Gasteiger charge is -2.11. The van der Waals surface area contributed by atoms with Gasteiger partial charge in [0.1, 0.15) is 29.0 Å². The van der Waals surface area contributed by atoms with Crippen molar-refractivity contribution in [1.29, 1.82) is 0 Å². The van der Waals surface area contributed by atoms with Crippen LogP contribution in [-0.2, 0) is 4.79 Å². The number of rotatable bonds is 6. The number of nitrogens with zero attached hydrogens (tertiary/aromatic N) is 4. The number of hydrogen-bond donors (Lipinski definition) is 1. The van der Waals surface area contributed by atoms with Crippen LogP contribution in [-0.4, -0.2) is 39.8 Å². The second kappa shape index (κ2) is 7.79. The van der Waals surface area contributed by atoms with Crippen LogP contribution < -0.4 is 14.8 Å². The fraction of sp³-hybridized carbons (Fsp3) is 0.0909. The van der Waals surface area contributed by atoms with Gasteiger partial charge in [-0.15, -0.1) is 5.10 Å². The van der Waals surface area contributed by atoms with E-state index in [0.717, 1.165) is 22.0 Å². The van der Waals surface area contributed by atoms with Crippen molar-refractivity contribution >= 4 is 33.5 Å². The van der Waals surface area contributed by atoms with E-state index in [4.69, 9.17) is 13.9 Å². The third kappa shape index (κ3) is 3.64. The minimum Gasteiger partial charge on any atom is -0.495 e. The van der Waals surface area contributed by atoms with Crippen LogP contribution in [0.15, 0.2) is 71.4 Å². The number of para-hydroxylation sites is 1. The third-order valence-electron chi connectivity index (χ3n) is 4.79. The van der Waals surface area contributed by atoms with Gasteiger partial charge in [0, 0.05) is 16.8 Å². The van der Waals surface area contributed by atoms with Gasteiger partial charge in [0.2, 0.25) is 0 Å². The summed E-state index contributed by atoms with van der Waals surface area (Å²) in [7, 11) is 1.56. The highest BCUT2D eigenvalue weighted by atomic mass is 16.5. The lowest BCUT2D eigenvalue weighted by Crippen LogP contribution is -2.20. The van der Waals surface area contributed by atoms with E-state index in [2.05, 4.69) is 20.8 Å². The Morgan fingerprint density at radius 2 is 1.90 bits per heavy atom. The number of hydrogen-bond acceptors (Lipinski definition) is 7. The smallest absolute Gasteiger partial charge is 0.262 e. The van der Waals surface area contributed by atoms with E-state index < -0.39 is 0 Å². The van der Waals surface area contributed by atoms with Crippen LogP contribution in [0, 0.1) is 0 Å². The first kappa shape index (κ1) is 18.6. The van der Waals surface area contributed by atoms with Gasteiger partial charge in [0.25, 0.3) is 5.91 Å². The molecule has 0 saturated heterocycles. The number of fused-ring (bicyclic) bond motifs is 3. The normalized spacial score (nSPS) is 11.0. The number of ether oxygens (including phenoxy) is 2. The number of aromatic nitrogens is 4. The summed E-state index contributed by atoms with van der Waals surface area (Å²) in [5.41, 5.74) is 2.73. The van der Waals surface area contributed by atoms with Crippen LogP contribution in [0.2, 0.25) is 0 Å². The minimum absolute atomic E-state index is 0.161. The Hall–Kier alpha value is -4.40. The van der Waals surface area contributed by atoms with Crippen LogP contribution >= 0.6 is 0 Å². The third-order valence-corrected chi connectivity index (χ3v) is 4.79. The Labute approximate surface area is 176 Å². The average molecular weight is 415 g/mol. The summed E-state index contributed by atoms with van der Waals surface area (Å²) >= 11 is 0. The molecule has 9 heteroatoms. The van der Waals surface area contributed by atoms with Gasteiger partial charge in [-0.1, -0.05) is 18.2 Å². The molecule has 0 radical (unpaired) electrons. The number of methoxy groups -OCH3 is 1. The van der Waals surface area contributed by atoms with Gasteiger partial charge in [0.05, 0.1) is 18.5 Å². The molecule has 0 fully saturated rings. The van der Waals surface area contributed by atoms with Crippen LogP contribution in [0.3, 0.4) is 0 Å². The van der Waals surface area contributed by atoms with Crippen molar-refractivity contribution in [3.63, 3.8) is 0 Å². The Morgan fingerprint density at radius 1 is 1.06 bits per heavy atom. The maximum atomic E-state index is 12.5. The molecule has 2 heterocycles. The number of benzene rings is 3. The second-order valence-corrected chi connectivity index (χ2v) is 6.73. The van der Waals surface area contributed by atoms with E-state index in [-0.39, 0.29) is 12.5 Å². The standard InChI is InChI=1S/C22H17N5O4/c1-29-21-10-17-16-4-2-3-5-19(16)31-20(17)11-18(21)24-22(28)12-30-15-8-6-14(7-9-15)27-13-23-25-26-27/h2-11,13H,12H2,1H3,(H,24,28). The molecule has 0 aliphatic rings. The van der Waals surface area contributed by atoms with Crippen molar-refractivity contribution in [1.82, 2.24) is 20.2 Å². The van der Waals surface area contributed by atoms with Crippen molar-refractivity contribution in [2.24, 2.45) is 0 Å². The van der Waals surface area contributed by atoms with Crippen LogP contribution in [0.1, 0.15) is 0 Å². The fourth-order valence-corrected chi connectivity index (χ4v) is 3.33. The van der Waals surface area contributed by atoms with Crippen molar-refractivity contribution in [3.8, 4) is 17.2 Å². The van der Waals surface area contributed by atoms with Crippen molar-refractivity contribution in [3.05, 3.63) is 67.0 Å². The molecule has 0 saturated carbocycles. The van der Waals surface area contributed by atoms with Gasteiger partial charge >= 0.3 is 0 Å². The van der Waals surface area contributed by atoms with Gasteiger partial charge in [-0.05, 0) is 46.8 Å². The minimum atomic E-state index is -0.321. The molecule has 5 aromatic rings. The van der Waals surface area contributed by atoms with Crippen molar-refractivity contribution < 1.29 is 18.7 Å². The average Bonchev–Trinajstić information content (AvgIpc) is 3.45. The largest absolute Gasteiger partial charge is 0.495 e. The lowest BCUT2D eigenvalue weighted by atomic mass is 10.1. The van der Waals surface area contributed by atoms with Crippen LogP contribution in [0.5, 0.6) is 11.5 Å². The van der Waals surface area contributed by atoms with Gasteiger partial charge in [-0.3, -0.25) is 4.79 Å². The molecular weight excluding hydrogens is 398 g/mol. The molecule has 9 nitrogen and oxygen atoms in total. The zero-order chi connectivity index (χ0) is 21.2. The van der Waals surface area contributed by atoms with Crippen LogP contribution in [0.4, 0.5) is 5.69 Å². The lowest BCUT2D eigenvalue weighted by molar-refractivity contribution is -0.118. The van der Waals surface area contributed by atoms with E-state index in [0.29, 0.717) is 22.8 Å². The Bertz CT molecular complexity index is 1360. The zero-order valence-electron chi connectivity index (χ0n) is 16.5. The molecule has 1 N–H and O–H groups in total. The SMILES string of the molecule is COc1cc2c(cc1NC(=O)COc1ccc(-n3cnnn3)cc1)oc1ccccc12. The molecule has 0 spiro atoms. The highest BCUT2D eigenvalue weighted by molar-refractivity contribution is 6.07. The first-order valence-corrected chi connectivity index (χ1v) is 9.46. The molecule has 0 atom stereocenters. The second-order valence-electron chi connectivity index (χ2n) is 6.73. The Morgan fingerprint density at radius 3 is 2.68 bits per heavy atom. The van der Waals surface area contributed by atoms with Crippen molar-refractivity contribution in [2.45, 2.75) is 0 Å². The number of amides is 1. The first-order chi connectivity index (χ1) is 15.2. The molecule has 3 aromatic carbocycles. The highest BCUT2D eigenvalue weighted by Gasteiger charge is 2.14. The summed E-state index contributed by atoms with van der Waals surface area (Å²) in [5, 5.41) is 15.7. The van der Waals surface area contributed by atoms with Crippen molar-refractivity contribution in [2.75, 3.05) is 19.0 Å². The molecule has 0 aliphatic heterocycles. The summed E-state index contributed by atoms with van der Waals surface area (Å²) in [4.78, 5) is 12.5. The predicted octanol–water partition coefficient (Wildman–Crippen LogP) is 3.59. The number of carbonyl (C=O) groups excluding carboxylic acids is 1. The first-order valence-electron chi connectivity index (χ1n) is 9.46. The number of anilines is 1. The van der Waals surface area contributed by atoms with E-state index >= 15 is 0 Å². The summed E-state index contributed by atoms with van der Waals surface area (Å²) in [6.07, 6.45) is 1.50. The maximum Gasteiger partial charge on any atom is 0.262 e. The fourth-order valence-electron chi connectivity index (χ4n) is 3.33. The molecule has 1 amide bonds. The number of nitrogens with one attached hydrogen (secondary N) is 1. The maximum absolute atomic E-state index is 12.5. The van der Waals surface area contributed by atoms with E-state index in [1.165, 1.54) is 11.0 Å². The number of carbonyl (C=O) groups is 1. The van der Waals surface area contributed by atoms with E-state index in [1.807, 2.05) is 30.3 Å². The molecule has 0 unspecified atom stereocenters. The molecule has 0 bridgehead atoms. The molecule has 31 heavy (non-hydrogen) atoms. The predicted molar refractivity (Wildman–Crippen MR) is 114 cm³/mol. The summed E-state index contributed by atoms with van der Waals surface area (Å²) < 4.78 is 18.5. The van der Waals surface area contributed by atoms with Crippen LogP contribution in [0.25, 0.3) is 27.6 Å². The number of furan rings is 1. The monoisotopic (exact) mass is 415 g/mol. The molecular formula is C22H17N5O4. The molecule has 2 aromatic heterocycles. The molecule has 0 aliphatic carbocycles. The summed E-state index contributed by atoms with van der Waals surface area (Å²) in [5.74, 6) is 0.767. The number of tetrazole rings is 1. The van der Waals surface area contributed by atoms with Gasteiger partial charge in [0.15, 0.2) is 6.61 Å². The Balaban J connectivity index is 1.30. The van der Waals surface area contributed by atoms with Gasteiger partial charge < -0.3 is 19.2 Å². The van der Waals surface area contributed by atoms with Gasteiger partial charge in [-0.2, -0.15) is 0 Å². The Kier molecular flexibility index (Phi) is 4.68. The zero-order valence-corrected chi connectivity index (χ0v) is 16.5. The summed E-state index contributed by atoms with van der Waals surface area (Å²) in [6.45, 7) is -0.161. The topological polar surface area (TPSA) is 104 Å². The van der Waals surface area contributed by atoms with Gasteiger partial charge in [-0.25, -0.2) is 4.68 Å². The highest BCUT2D eigenvalue weighted by Crippen LogP contribution is 2.36. The van der Waals surface area contributed by atoms with E-state index in [1.54, 1.807) is 37.4 Å². The summed E-state index contributed by atoms with van der Waals surface area (Å²) in [6, 6.07) is 18.4. The molecule has 154 valence electrons. The molecule has 5 rings (SSSR count).